The Labute approximate surface area is 146 Å². The molecule has 0 amide bonds. The summed E-state index contributed by atoms with van der Waals surface area (Å²) < 4.78 is 15.8. The fourth-order valence-electron chi connectivity index (χ4n) is 4.10. The van der Waals surface area contributed by atoms with E-state index in [4.69, 9.17) is 19.6 Å². The Bertz CT molecular complexity index is 713. The number of H-pyrrole nitrogens is 1. The summed E-state index contributed by atoms with van der Waals surface area (Å²) in [5.74, 6) is -0.782. The van der Waals surface area contributed by atoms with Gasteiger partial charge in [-0.05, 0) is 32.6 Å². The molecule has 0 saturated heterocycles. The summed E-state index contributed by atoms with van der Waals surface area (Å²) in [6, 6.07) is 2.24. The minimum atomic E-state index is -0.698. The molecule has 1 aliphatic carbocycles. The summed E-state index contributed by atoms with van der Waals surface area (Å²) in [7, 11) is 1.59. The molecule has 1 atom stereocenters. The van der Waals surface area contributed by atoms with Crippen LogP contribution in [0.4, 0.5) is 0 Å². The highest BCUT2D eigenvalue weighted by atomic mass is 16.5. The molecule has 25 heavy (non-hydrogen) atoms. The van der Waals surface area contributed by atoms with E-state index in [1.165, 1.54) is 0 Å². The van der Waals surface area contributed by atoms with Crippen molar-refractivity contribution in [1.82, 2.24) is 10.2 Å². The van der Waals surface area contributed by atoms with Gasteiger partial charge in [-0.2, -0.15) is 5.26 Å². The standard InChI is InChI=1S/C17H22N4O4/c1-3-24-16(22)10-4-6-17(7-5-10)11(8-18)14(19)25-15-13(17)12(9-23-2)20-21-15/h10-11,19H,3-7,9H2,1-2H3,(H,20,21). The molecule has 8 heteroatoms. The first kappa shape index (κ1) is 17.4. The van der Waals surface area contributed by atoms with Crippen molar-refractivity contribution in [1.29, 1.82) is 10.7 Å². The fraction of sp³-hybridized carbons (Fsp3) is 0.647. The van der Waals surface area contributed by atoms with Gasteiger partial charge in [0.15, 0.2) is 0 Å². The largest absolute Gasteiger partial charge is 0.466 e. The number of nitrogens with zero attached hydrogens (tertiary/aromatic N) is 2. The number of nitrogens with one attached hydrogen (secondary N) is 2. The second kappa shape index (κ2) is 6.84. The number of esters is 1. The van der Waals surface area contributed by atoms with Gasteiger partial charge in [-0.1, -0.05) is 0 Å². The number of ether oxygens (including phenoxy) is 3. The van der Waals surface area contributed by atoms with E-state index in [9.17, 15) is 10.1 Å². The van der Waals surface area contributed by atoms with E-state index >= 15 is 0 Å². The van der Waals surface area contributed by atoms with Gasteiger partial charge >= 0.3 is 5.97 Å². The van der Waals surface area contributed by atoms with Crippen LogP contribution in [0.5, 0.6) is 5.88 Å². The molecule has 1 aromatic rings. The maximum atomic E-state index is 12.1. The molecule has 134 valence electrons. The predicted molar refractivity (Wildman–Crippen MR) is 87.0 cm³/mol. The van der Waals surface area contributed by atoms with Crippen molar-refractivity contribution < 1.29 is 19.0 Å². The van der Waals surface area contributed by atoms with Crippen molar-refractivity contribution in [2.75, 3.05) is 13.7 Å². The van der Waals surface area contributed by atoms with Gasteiger partial charge in [-0.25, -0.2) is 0 Å². The van der Waals surface area contributed by atoms with Crippen molar-refractivity contribution >= 4 is 11.9 Å². The predicted octanol–water partition coefficient (Wildman–Crippen LogP) is 2.06. The summed E-state index contributed by atoms with van der Waals surface area (Å²) >= 11 is 0. The average Bonchev–Trinajstić information content (AvgIpc) is 2.99. The molecule has 1 fully saturated rings. The second-order valence-corrected chi connectivity index (χ2v) is 6.53. The molecular weight excluding hydrogens is 324 g/mol. The maximum absolute atomic E-state index is 12.1. The quantitative estimate of drug-likeness (QED) is 0.805. The lowest BCUT2D eigenvalue weighted by Gasteiger charge is -2.44. The van der Waals surface area contributed by atoms with Gasteiger partial charge in [0, 0.05) is 18.1 Å². The lowest BCUT2D eigenvalue weighted by molar-refractivity contribution is -0.149. The van der Waals surface area contributed by atoms with Crippen molar-refractivity contribution in [2.24, 2.45) is 11.8 Å². The third-order valence-corrected chi connectivity index (χ3v) is 5.24. The number of aromatic nitrogens is 2. The lowest BCUT2D eigenvalue weighted by Crippen LogP contribution is -2.48. The molecule has 8 nitrogen and oxygen atoms in total. The summed E-state index contributed by atoms with van der Waals surface area (Å²) in [5, 5.41) is 24.9. The monoisotopic (exact) mass is 346 g/mol. The van der Waals surface area contributed by atoms with Gasteiger partial charge < -0.3 is 14.2 Å². The maximum Gasteiger partial charge on any atom is 0.308 e. The van der Waals surface area contributed by atoms with Crippen LogP contribution in [0.2, 0.25) is 0 Å². The molecule has 0 aromatic carbocycles. The molecular formula is C17H22N4O4. The van der Waals surface area contributed by atoms with Crippen LogP contribution >= 0.6 is 0 Å². The van der Waals surface area contributed by atoms with Crippen LogP contribution in [-0.2, 0) is 26.3 Å². The van der Waals surface area contributed by atoms with E-state index in [1.54, 1.807) is 14.0 Å². The summed E-state index contributed by atoms with van der Waals surface area (Å²) in [6.07, 6.45) is 2.43. The zero-order valence-corrected chi connectivity index (χ0v) is 14.4. The number of hydrogen-bond donors (Lipinski definition) is 2. The summed E-state index contributed by atoms with van der Waals surface area (Å²) in [4.78, 5) is 12.1. The molecule has 1 aromatic heterocycles. The van der Waals surface area contributed by atoms with E-state index in [0.717, 1.165) is 11.3 Å². The number of fused-ring (bicyclic) bond motifs is 2. The molecule has 0 bridgehead atoms. The van der Waals surface area contributed by atoms with Crippen LogP contribution in [0.25, 0.3) is 0 Å². The number of hydrogen-bond acceptors (Lipinski definition) is 7. The van der Waals surface area contributed by atoms with Crippen LogP contribution in [0.15, 0.2) is 0 Å². The number of methoxy groups -OCH3 is 1. The zero-order chi connectivity index (χ0) is 18.0. The van der Waals surface area contributed by atoms with Gasteiger partial charge in [0.1, 0.15) is 5.92 Å². The molecule has 3 rings (SSSR count). The topological polar surface area (TPSA) is 121 Å². The van der Waals surface area contributed by atoms with E-state index in [2.05, 4.69) is 16.3 Å². The van der Waals surface area contributed by atoms with Crippen LogP contribution in [0, 0.1) is 28.6 Å². The third-order valence-electron chi connectivity index (χ3n) is 5.24. The number of nitriles is 1. The van der Waals surface area contributed by atoms with Crippen molar-refractivity contribution in [3.8, 4) is 11.9 Å². The first-order chi connectivity index (χ1) is 12.1. The van der Waals surface area contributed by atoms with Crippen LogP contribution in [0.1, 0.15) is 43.9 Å². The van der Waals surface area contributed by atoms with Gasteiger partial charge in [-0.3, -0.25) is 15.3 Å². The zero-order valence-electron chi connectivity index (χ0n) is 14.4. The average molecular weight is 346 g/mol. The first-order valence-corrected chi connectivity index (χ1v) is 8.46. The Kier molecular flexibility index (Phi) is 4.77. The second-order valence-electron chi connectivity index (χ2n) is 6.53. The van der Waals surface area contributed by atoms with E-state index in [1.807, 2.05) is 0 Å². The molecule has 2 N–H and O–H groups in total. The normalized spacial score (nSPS) is 28.1. The van der Waals surface area contributed by atoms with E-state index in [0.29, 0.717) is 44.8 Å². The highest BCUT2D eigenvalue weighted by Gasteiger charge is 2.53. The van der Waals surface area contributed by atoms with Crippen molar-refractivity contribution in [3.05, 3.63) is 11.3 Å². The Morgan fingerprint density at radius 2 is 2.24 bits per heavy atom. The van der Waals surface area contributed by atoms with Crippen LogP contribution in [-0.4, -0.2) is 35.8 Å². The Hall–Kier alpha value is -2.40. The third kappa shape index (κ3) is 2.78. The molecule has 0 radical (unpaired) electrons. The molecule has 2 heterocycles. The smallest absolute Gasteiger partial charge is 0.308 e. The minimum absolute atomic E-state index is 0.0833. The molecule has 1 aliphatic heterocycles. The highest BCUT2D eigenvalue weighted by Crippen LogP contribution is 2.53. The number of carbonyl (C=O) groups is 1. The van der Waals surface area contributed by atoms with E-state index in [-0.39, 0.29) is 17.8 Å². The highest BCUT2D eigenvalue weighted by molar-refractivity contribution is 5.85. The molecule has 1 spiro atoms. The minimum Gasteiger partial charge on any atom is -0.466 e. The van der Waals surface area contributed by atoms with Crippen molar-refractivity contribution in [3.63, 3.8) is 0 Å². The van der Waals surface area contributed by atoms with E-state index < -0.39 is 11.3 Å². The summed E-state index contributed by atoms with van der Waals surface area (Å²) in [5.41, 5.74) is 1.00. The van der Waals surface area contributed by atoms with Crippen molar-refractivity contribution in [2.45, 2.75) is 44.6 Å². The molecule has 1 saturated carbocycles. The number of carbonyl (C=O) groups excluding carboxylic acids is 1. The summed E-state index contributed by atoms with van der Waals surface area (Å²) in [6.45, 7) is 2.48. The number of aromatic amines is 1. The SMILES string of the molecule is CCOC(=O)C1CCC2(CC1)c1c(n[nH]c1COC)OC(=N)C2C#N. The first-order valence-electron chi connectivity index (χ1n) is 8.46. The Morgan fingerprint density at radius 1 is 1.52 bits per heavy atom. The van der Waals surface area contributed by atoms with Crippen LogP contribution < -0.4 is 4.74 Å². The Balaban J connectivity index is 1.96. The lowest BCUT2D eigenvalue weighted by atomic mass is 9.59. The number of rotatable bonds is 4. The van der Waals surface area contributed by atoms with Gasteiger partial charge in [-0.15, -0.1) is 5.10 Å². The van der Waals surface area contributed by atoms with Gasteiger partial charge in [0.05, 0.1) is 30.9 Å². The fourth-order valence-corrected chi connectivity index (χ4v) is 4.10. The van der Waals surface area contributed by atoms with Gasteiger partial charge in [0.25, 0.3) is 0 Å². The van der Waals surface area contributed by atoms with Gasteiger partial charge in [0.2, 0.25) is 11.8 Å². The molecule has 1 unspecified atom stereocenters. The Morgan fingerprint density at radius 3 is 2.84 bits per heavy atom. The molecule has 2 aliphatic rings. The van der Waals surface area contributed by atoms with Crippen LogP contribution in [0.3, 0.4) is 0 Å².